The quantitative estimate of drug-likeness (QED) is 0.912. The van der Waals surface area contributed by atoms with Gasteiger partial charge in [0.2, 0.25) is 5.91 Å². The molecule has 0 bridgehead atoms. The maximum atomic E-state index is 12.0. The number of anilines is 1. The van der Waals surface area contributed by atoms with Crippen LogP contribution in [0.4, 0.5) is 11.4 Å². The minimum atomic E-state index is -0.104. The van der Waals surface area contributed by atoms with Crippen molar-refractivity contribution in [3.63, 3.8) is 0 Å². The molecule has 1 amide bonds. The van der Waals surface area contributed by atoms with Crippen molar-refractivity contribution in [1.82, 2.24) is 0 Å². The second-order valence-electron chi connectivity index (χ2n) is 4.82. The Hall–Kier alpha value is -2.23. The summed E-state index contributed by atoms with van der Waals surface area (Å²) in [5.74, 6) is 1.07. The summed E-state index contributed by atoms with van der Waals surface area (Å²) >= 11 is 3.08. The molecule has 6 heteroatoms. The highest BCUT2D eigenvalue weighted by Gasteiger charge is 2.14. The van der Waals surface area contributed by atoms with Gasteiger partial charge in [0.25, 0.3) is 0 Å². The van der Waals surface area contributed by atoms with Gasteiger partial charge in [-0.3, -0.25) is 4.79 Å². The topological polar surface area (TPSA) is 65.2 Å². The minimum absolute atomic E-state index is 0.104. The number of carbonyl (C=O) groups excluding carboxylic acids is 1. The van der Waals surface area contributed by atoms with Crippen molar-refractivity contribution in [2.75, 3.05) is 11.1 Å². The highest BCUT2D eigenvalue weighted by Crippen LogP contribution is 2.34. The molecule has 1 heterocycles. The molecule has 2 aromatic carbocycles. The van der Waals surface area contributed by atoms with Crippen molar-refractivity contribution in [2.24, 2.45) is 4.99 Å². The van der Waals surface area contributed by atoms with Gasteiger partial charge in [-0.25, -0.2) is 4.99 Å². The van der Waals surface area contributed by atoms with Gasteiger partial charge in [0.05, 0.1) is 23.1 Å². The van der Waals surface area contributed by atoms with Crippen LogP contribution in [0.5, 0.6) is 0 Å². The normalized spacial score (nSPS) is 12.7. The van der Waals surface area contributed by atoms with Crippen molar-refractivity contribution in [1.29, 1.82) is 5.26 Å². The Morgan fingerprint density at radius 1 is 1.30 bits per heavy atom. The van der Waals surface area contributed by atoms with Gasteiger partial charge >= 0.3 is 0 Å². The highest BCUT2D eigenvalue weighted by atomic mass is 32.2. The number of fused-ring (bicyclic) bond motifs is 1. The van der Waals surface area contributed by atoms with E-state index < -0.39 is 0 Å². The van der Waals surface area contributed by atoms with Crippen LogP contribution < -0.4 is 5.32 Å². The standard InChI is InChI=1S/C17H13N3OS2/c18-9-12-4-3-6-14(8-12)19-16(21)11-23-17-20-15-7-2-1-5-13(15)10-22-17/h1-8H,10-11H2,(H,19,21). The third-order valence-electron chi connectivity index (χ3n) is 3.16. The lowest BCUT2D eigenvalue weighted by atomic mass is 10.2. The third kappa shape index (κ3) is 4.15. The fourth-order valence-corrected chi connectivity index (χ4v) is 3.94. The summed E-state index contributed by atoms with van der Waals surface area (Å²) in [5, 5.41) is 11.7. The Balaban J connectivity index is 1.57. The number of nitrogens with zero attached hydrogens (tertiary/aromatic N) is 2. The second-order valence-corrected chi connectivity index (χ2v) is 7.01. The van der Waals surface area contributed by atoms with Crippen LogP contribution >= 0.6 is 23.5 Å². The molecule has 0 saturated heterocycles. The van der Waals surface area contributed by atoms with E-state index >= 15 is 0 Å². The Morgan fingerprint density at radius 2 is 2.17 bits per heavy atom. The average Bonchev–Trinajstić information content (AvgIpc) is 2.60. The van der Waals surface area contributed by atoms with Crippen LogP contribution in [-0.4, -0.2) is 16.0 Å². The summed E-state index contributed by atoms with van der Waals surface area (Å²) in [5.41, 5.74) is 3.37. The third-order valence-corrected chi connectivity index (χ3v) is 5.40. The van der Waals surface area contributed by atoms with Crippen LogP contribution in [-0.2, 0) is 10.5 Å². The van der Waals surface area contributed by atoms with Crippen LogP contribution in [0.2, 0.25) is 0 Å². The Morgan fingerprint density at radius 3 is 3.04 bits per heavy atom. The van der Waals surface area contributed by atoms with Gasteiger partial charge in [-0.05, 0) is 29.8 Å². The fraction of sp³-hybridized carbons (Fsp3) is 0.118. The monoisotopic (exact) mass is 339 g/mol. The van der Waals surface area contributed by atoms with E-state index in [0.717, 1.165) is 15.8 Å². The number of hydrogen-bond acceptors (Lipinski definition) is 5. The number of carbonyl (C=O) groups is 1. The highest BCUT2D eigenvalue weighted by molar-refractivity contribution is 8.38. The molecule has 0 aliphatic carbocycles. The summed E-state index contributed by atoms with van der Waals surface area (Å²) in [6.45, 7) is 0. The van der Waals surface area contributed by atoms with E-state index in [9.17, 15) is 4.79 Å². The SMILES string of the molecule is N#Cc1cccc(NC(=O)CSC2=Nc3ccccc3CS2)c1. The number of aliphatic imine (C=N–C) groups is 1. The molecule has 23 heavy (non-hydrogen) atoms. The van der Waals surface area contributed by atoms with Crippen molar-refractivity contribution in [3.8, 4) is 6.07 Å². The number of amides is 1. The van der Waals surface area contributed by atoms with Crippen molar-refractivity contribution >= 4 is 45.2 Å². The van der Waals surface area contributed by atoms with Crippen LogP contribution in [0.15, 0.2) is 53.5 Å². The lowest BCUT2D eigenvalue weighted by molar-refractivity contribution is -0.113. The van der Waals surface area contributed by atoms with Gasteiger partial charge < -0.3 is 5.32 Å². The Labute approximate surface area is 143 Å². The maximum absolute atomic E-state index is 12.0. The van der Waals surface area contributed by atoms with Gasteiger partial charge in [-0.2, -0.15) is 5.26 Å². The lowest BCUT2D eigenvalue weighted by Crippen LogP contribution is -2.15. The van der Waals surface area contributed by atoms with Crippen LogP contribution in [0.25, 0.3) is 0 Å². The second kappa shape index (κ2) is 7.36. The molecular formula is C17H13N3OS2. The predicted molar refractivity (Wildman–Crippen MR) is 97.1 cm³/mol. The van der Waals surface area contributed by atoms with E-state index in [1.165, 1.54) is 17.3 Å². The van der Waals surface area contributed by atoms with Crippen molar-refractivity contribution in [3.05, 3.63) is 59.7 Å². The molecule has 114 valence electrons. The first-order chi connectivity index (χ1) is 11.2. The number of benzene rings is 2. The number of para-hydroxylation sites is 1. The summed E-state index contributed by atoms with van der Waals surface area (Å²) < 4.78 is 0.907. The van der Waals surface area contributed by atoms with E-state index in [1.807, 2.05) is 18.2 Å². The Bertz CT molecular complexity index is 811. The molecule has 0 unspecified atom stereocenters. The number of nitriles is 1. The van der Waals surface area contributed by atoms with Gasteiger partial charge in [0.1, 0.15) is 4.38 Å². The Kier molecular flexibility index (Phi) is 5.01. The number of nitrogens with one attached hydrogen (secondary N) is 1. The van der Waals surface area contributed by atoms with Gasteiger partial charge in [0, 0.05) is 11.4 Å². The zero-order valence-electron chi connectivity index (χ0n) is 12.2. The van der Waals surface area contributed by atoms with Crippen LogP contribution in [0, 0.1) is 11.3 Å². The minimum Gasteiger partial charge on any atom is -0.325 e. The summed E-state index contributed by atoms with van der Waals surface area (Å²) in [4.78, 5) is 16.6. The van der Waals surface area contributed by atoms with Crippen molar-refractivity contribution in [2.45, 2.75) is 5.75 Å². The molecule has 1 N–H and O–H groups in total. The fourth-order valence-electron chi connectivity index (χ4n) is 2.08. The molecule has 0 radical (unpaired) electrons. The first-order valence-electron chi connectivity index (χ1n) is 6.97. The number of thioether (sulfide) groups is 2. The molecule has 1 aliphatic heterocycles. The molecule has 0 spiro atoms. The van der Waals surface area contributed by atoms with E-state index in [0.29, 0.717) is 17.0 Å². The van der Waals surface area contributed by atoms with Crippen molar-refractivity contribution < 1.29 is 4.79 Å². The first kappa shape index (κ1) is 15.7. The van der Waals surface area contributed by atoms with E-state index in [2.05, 4.69) is 22.4 Å². The summed E-state index contributed by atoms with van der Waals surface area (Å²) in [6.07, 6.45) is 0. The van der Waals surface area contributed by atoms with E-state index in [-0.39, 0.29) is 5.91 Å². The van der Waals surface area contributed by atoms with Gasteiger partial charge in [-0.1, -0.05) is 47.8 Å². The molecule has 4 nitrogen and oxygen atoms in total. The molecule has 0 atom stereocenters. The number of hydrogen-bond donors (Lipinski definition) is 1. The largest absolute Gasteiger partial charge is 0.325 e. The summed E-state index contributed by atoms with van der Waals surface area (Å²) in [6, 6.07) is 17.0. The molecule has 0 aromatic heterocycles. The zero-order chi connectivity index (χ0) is 16.1. The smallest absolute Gasteiger partial charge is 0.234 e. The number of rotatable bonds is 3. The summed E-state index contributed by atoms with van der Waals surface area (Å²) in [7, 11) is 0. The van der Waals surface area contributed by atoms with Gasteiger partial charge in [0.15, 0.2) is 0 Å². The van der Waals surface area contributed by atoms with Crippen LogP contribution in [0.3, 0.4) is 0 Å². The lowest BCUT2D eigenvalue weighted by Gasteiger charge is -2.14. The zero-order valence-corrected chi connectivity index (χ0v) is 13.8. The molecule has 3 rings (SSSR count). The predicted octanol–water partition coefficient (Wildman–Crippen LogP) is 4.16. The molecule has 2 aromatic rings. The molecule has 0 fully saturated rings. The first-order valence-corrected chi connectivity index (χ1v) is 8.94. The molecular weight excluding hydrogens is 326 g/mol. The average molecular weight is 339 g/mol. The van der Waals surface area contributed by atoms with E-state index in [1.54, 1.807) is 36.0 Å². The van der Waals surface area contributed by atoms with Crippen LogP contribution in [0.1, 0.15) is 11.1 Å². The van der Waals surface area contributed by atoms with E-state index in [4.69, 9.17) is 5.26 Å². The molecule has 1 aliphatic rings. The van der Waals surface area contributed by atoms with Gasteiger partial charge in [-0.15, -0.1) is 0 Å². The molecule has 0 saturated carbocycles. The maximum Gasteiger partial charge on any atom is 0.234 e.